The number of aliphatic hydroxyl groups excluding tert-OH is 1. The number of amides is 2. The Kier molecular flexibility index (Phi) is 6.95. The molecule has 1 saturated heterocycles. The van der Waals surface area contributed by atoms with Crippen molar-refractivity contribution in [3.63, 3.8) is 0 Å². The zero-order valence-electron chi connectivity index (χ0n) is 18.4. The van der Waals surface area contributed by atoms with Crippen LogP contribution in [-0.2, 0) is 11.2 Å². The molecular weight excluding hydrogens is 408 g/mol. The molecule has 0 spiro atoms. The lowest BCUT2D eigenvalue weighted by atomic mass is 10.1. The molecule has 2 amide bonds. The van der Waals surface area contributed by atoms with Crippen molar-refractivity contribution in [1.29, 1.82) is 0 Å². The van der Waals surface area contributed by atoms with Crippen molar-refractivity contribution in [3.8, 4) is 11.5 Å². The predicted molar refractivity (Wildman–Crippen MR) is 120 cm³/mol. The molecule has 1 aliphatic carbocycles. The van der Waals surface area contributed by atoms with E-state index >= 15 is 0 Å². The Balaban J connectivity index is 1.44. The number of fused-ring (bicyclic) bond motifs is 1. The van der Waals surface area contributed by atoms with E-state index in [1.54, 1.807) is 18.2 Å². The number of piperidine rings is 1. The van der Waals surface area contributed by atoms with Gasteiger partial charge in [0.2, 0.25) is 0 Å². The van der Waals surface area contributed by atoms with Gasteiger partial charge in [-0.3, -0.25) is 9.59 Å². The molecule has 2 aromatic carbocycles. The van der Waals surface area contributed by atoms with Gasteiger partial charge in [0, 0.05) is 25.1 Å². The van der Waals surface area contributed by atoms with Crippen molar-refractivity contribution < 1.29 is 24.2 Å². The van der Waals surface area contributed by atoms with E-state index < -0.39 is 12.1 Å². The molecule has 0 radical (unpaired) electrons. The number of rotatable bonds is 7. The lowest BCUT2D eigenvalue weighted by Gasteiger charge is -2.26. The first-order valence-electron chi connectivity index (χ1n) is 11.3. The zero-order chi connectivity index (χ0) is 22.5. The molecule has 0 saturated carbocycles. The van der Waals surface area contributed by atoms with Gasteiger partial charge in [-0.2, -0.15) is 0 Å². The van der Waals surface area contributed by atoms with Crippen LogP contribution in [0.3, 0.4) is 0 Å². The average Bonchev–Trinajstić information content (AvgIpc) is 3.13. The summed E-state index contributed by atoms with van der Waals surface area (Å²) in [7, 11) is 0. The molecule has 0 aromatic heterocycles. The van der Waals surface area contributed by atoms with Crippen LogP contribution in [-0.4, -0.2) is 54.2 Å². The molecule has 7 nitrogen and oxygen atoms in total. The van der Waals surface area contributed by atoms with Gasteiger partial charge in [0.15, 0.2) is 18.1 Å². The number of nitrogens with zero attached hydrogens (tertiary/aromatic N) is 1. The third-order valence-electron chi connectivity index (χ3n) is 6.06. The smallest absolute Gasteiger partial charge is 0.260 e. The summed E-state index contributed by atoms with van der Waals surface area (Å²) in [6, 6.07) is 12.2. The number of carbonyl (C=O) groups excluding carboxylic acids is 2. The van der Waals surface area contributed by atoms with Crippen LogP contribution in [0.25, 0.3) is 0 Å². The van der Waals surface area contributed by atoms with Crippen LogP contribution < -0.4 is 14.8 Å². The molecule has 7 heteroatoms. The van der Waals surface area contributed by atoms with Crippen LogP contribution in [0.15, 0.2) is 42.5 Å². The summed E-state index contributed by atoms with van der Waals surface area (Å²) in [6.45, 7) is 3.74. The molecule has 1 fully saturated rings. The first kappa shape index (κ1) is 22.1. The van der Waals surface area contributed by atoms with E-state index in [9.17, 15) is 14.7 Å². The molecule has 2 aliphatic rings. The minimum atomic E-state index is -0.661. The Morgan fingerprint density at radius 2 is 1.84 bits per heavy atom. The quantitative estimate of drug-likeness (QED) is 0.694. The second-order valence-electron chi connectivity index (χ2n) is 8.25. The SMILES string of the molecule is CCOc1cc(C(=O)N[C@H]2c3ccccc3C[C@H]2O)ccc1OCC(=O)N1CCCCC1. The van der Waals surface area contributed by atoms with E-state index in [-0.39, 0.29) is 18.4 Å². The van der Waals surface area contributed by atoms with Gasteiger partial charge in [-0.25, -0.2) is 0 Å². The number of likely N-dealkylation sites (tertiary alicyclic amines) is 1. The maximum absolute atomic E-state index is 12.9. The molecule has 32 heavy (non-hydrogen) atoms. The van der Waals surface area contributed by atoms with E-state index in [0.29, 0.717) is 30.1 Å². The third-order valence-corrected chi connectivity index (χ3v) is 6.06. The standard InChI is InChI=1S/C25H30N2O5/c1-2-31-22-15-18(10-11-21(22)32-16-23(29)27-12-6-3-7-13-27)25(30)26-24-19-9-5-4-8-17(19)14-20(24)28/h4-5,8-11,15,20,24,28H,2-3,6-7,12-14,16H2,1H3,(H,26,30)/t20-,24+/m1/s1. The molecule has 170 valence electrons. The van der Waals surface area contributed by atoms with Crippen molar-refractivity contribution in [2.75, 3.05) is 26.3 Å². The molecule has 2 atom stereocenters. The Bertz CT molecular complexity index is 971. The first-order chi connectivity index (χ1) is 15.6. The third kappa shape index (κ3) is 4.88. The van der Waals surface area contributed by atoms with Gasteiger partial charge in [-0.05, 0) is 55.5 Å². The summed E-state index contributed by atoms with van der Waals surface area (Å²) >= 11 is 0. The van der Waals surface area contributed by atoms with Gasteiger partial charge in [-0.15, -0.1) is 0 Å². The molecule has 1 aliphatic heterocycles. The van der Waals surface area contributed by atoms with Gasteiger partial charge in [0.25, 0.3) is 11.8 Å². The number of ether oxygens (including phenoxy) is 2. The second kappa shape index (κ2) is 10.0. The maximum atomic E-state index is 12.9. The maximum Gasteiger partial charge on any atom is 0.260 e. The molecule has 2 aromatic rings. The zero-order valence-corrected chi connectivity index (χ0v) is 18.4. The largest absolute Gasteiger partial charge is 0.490 e. The summed E-state index contributed by atoms with van der Waals surface area (Å²) in [5.41, 5.74) is 2.39. The highest BCUT2D eigenvalue weighted by atomic mass is 16.5. The number of hydrogen-bond donors (Lipinski definition) is 2. The van der Waals surface area contributed by atoms with Crippen LogP contribution in [0.2, 0.25) is 0 Å². The van der Waals surface area contributed by atoms with E-state index in [0.717, 1.165) is 43.5 Å². The van der Waals surface area contributed by atoms with Crippen molar-refractivity contribution in [2.24, 2.45) is 0 Å². The van der Waals surface area contributed by atoms with Gasteiger partial charge < -0.3 is 24.8 Å². The summed E-state index contributed by atoms with van der Waals surface area (Å²) in [5, 5.41) is 13.4. The van der Waals surface area contributed by atoms with Gasteiger partial charge in [0.05, 0.1) is 18.8 Å². The molecule has 2 N–H and O–H groups in total. The van der Waals surface area contributed by atoms with Gasteiger partial charge in [-0.1, -0.05) is 24.3 Å². The normalized spacial score (nSPS) is 19.9. The molecule has 4 rings (SSSR count). The van der Waals surface area contributed by atoms with Crippen LogP contribution in [0, 0.1) is 0 Å². The van der Waals surface area contributed by atoms with Gasteiger partial charge in [0.1, 0.15) is 0 Å². The Labute approximate surface area is 188 Å². The summed E-state index contributed by atoms with van der Waals surface area (Å²) in [4.78, 5) is 27.2. The molecule has 0 unspecified atom stereocenters. The Morgan fingerprint density at radius 3 is 2.62 bits per heavy atom. The Hall–Kier alpha value is -3.06. The summed E-state index contributed by atoms with van der Waals surface area (Å²) in [5.74, 6) is 0.504. The van der Waals surface area contributed by atoms with E-state index in [4.69, 9.17) is 9.47 Å². The van der Waals surface area contributed by atoms with E-state index in [2.05, 4.69) is 5.32 Å². The second-order valence-corrected chi connectivity index (χ2v) is 8.25. The van der Waals surface area contributed by atoms with Crippen LogP contribution >= 0.6 is 0 Å². The molecule has 0 bridgehead atoms. The Morgan fingerprint density at radius 1 is 1.06 bits per heavy atom. The van der Waals surface area contributed by atoms with E-state index in [1.807, 2.05) is 36.1 Å². The van der Waals surface area contributed by atoms with E-state index in [1.165, 1.54) is 0 Å². The minimum Gasteiger partial charge on any atom is -0.490 e. The topological polar surface area (TPSA) is 88.1 Å². The number of hydrogen-bond acceptors (Lipinski definition) is 5. The predicted octanol–water partition coefficient (Wildman–Crippen LogP) is 2.86. The number of carbonyl (C=O) groups is 2. The number of nitrogens with one attached hydrogen (secondary N) is 1. The first-order valence-corrected chi connectivity index (χ1v) is 11.3. The highest BCUT2D eigenvalue weighted by Crippen LogP contribution is 2.33. The fraction of sp³-hybridized carbons (Fsp3) is 0.440. The molecule has 1 heterocycles. The van der Waals surface area contributed by atoms with Crippen molar-refractivity contribution >= 4 is 11.8 Å². The highest BCUT2D eigenvalue weighted by Gasteiger charge is 2.32. The number of benzene rings is 2. The monoisotopic (exact) mass is 438 g/mol. The highest BCUT2D eigenvalue weighted by molar-refractivity contribution is 5.95. The lowest BCUT2D eigenvalue weighted by Crippen LogP contribution is -2.38. The van der Waals surface area contributed by atoms with Crippen LogP contribution in [0.4, 0.5) is 0 Å². The fourth-order valence-corrected chi connectivity index (χ4v) is 4.38. The molecular formula is C25H30N2O5. The van der Waals surface area contributed by atoms with Crippen LogP contribution in [0.1, 0.15) is 53.7 Å². The van der Waals surface area contributed by atoms with Crippen molar-refractivity contribution in [3.05, 3.63) is 59.2 Å². The minimum absolute atomic E-state index is 0.0390. The fourth-order valence-electron chi connectivity index (χ4n) is 4.38. The lowest BCUT2D eigenvalue weighted by molar-refractivity contribution is -0.134. The van der Waals surface area contributed by atoms with Crippen LogP contribution in [0.5, 0.6) is 11.5 Å². The summed E-state index contributed by atoms with van der Waals surface area (Å²) < 4.78 is 11.4. The van der Waals surface area contributed by atoms with Crippen molar-refractivity contribution in [2.45, 2.75) is 44.8 Å². The van der Waals surface area contributed by atoms with Gasteiger partial charge >= 0.3 is 0 Å². The average molecular weight is 439 g/mol. The number of aliphatic hydroxyl groups is 1. The summed E-state index contributed by atoms with van der Waals surface area (Å²) in [6.07, 6.45) is 3.07. The van der Waals surface area contributed by atoms with Crippen molar-refractivity contribution in [1.82, 2.24) is 10.2 Å².